The number of aryl methyl sites for hydroxylation is 1. The summed E-state index contributed by atoms with van der Waals surface area (Å²) in [7, 11) is 2.16. The van der Waals surface area contributed by atoms with Crippen LogP contribution in [0.1, 0.15) is 51.2 Å². The van der Waals surface area contributed by atoms with Crippen molar-refractivity contribution in [3.63, 3.8) is 0 Å². The Kier molecular flexibility index (Phi) is 6.59. The van der Waals surface area contributed by atoms with Gasteiger partial charge in [-0.25, -0.2) is 0 Å². The highest BCUT2D eigenvalue weighted by molar-refractivity contribution is 5.20. The molecule has 1 aromatic heterocycles. The van der Waals surface area contributed by atoms with E-state index in [9.17, 15) is 0 Å². The second kappa shape index (κ2) is 7.71. The van der Waals surface area contributed by atoms with Crippen molar-refractivity contribution in [3.8, 4) is 0 Å². The van der Waals surface area contributed by atoms with Gasteiger partial charge in [-0.15, -0.1) is 0 Å². The molecule has 3 nitrogen and oxygen atoms in total. The summed E-state index contributed by atoms with van der Waals surface area (Å²) in [6.45, 7) is 13.8. The zero-order valence-electron chi connectivity index (χ0n) is 13.4. The van der Waals surface area contributed by atoms with Crippen molar-refractivity contribution in [2.45, 2.75) is 60.2 Å². The summed E-state index contributed by atoms with van der Waals surface area (Å²) in [6, 6.07) is 2.66. The lowest BCUT2D eigenvalue weighted by atomic mass is 10.1. The van der Waals surface area contributed by atoms with E-state index in [1.807, 2.05) is 0 Å². The average molecular weight is 266 g/mol. The van der Waals surface area contributed by atoms with Crippen LogP contribution in [0.2, 0.25) is 0 Å². The molecule has 0 aromatic carbocycles. The Bertz CT molecular complexity index is 371. The van der Waals surface area contributed by atoms with Crippen molar-refractivity contribution in [2.75, 3.05) is 13.6 Å². The van der Waals surface area contributed by atoms with Crippen molar-refractivity contribution in [2.24, 2.45) is 5.92 Å². The maximum absolute atomic E-state index is 5.95. The lowest BCUT2D eigenvalue weighted by Gasteiger charge is -2.19. The quantitative estimate of drug-likeness (QED) is 0.780. The third kappa shape index (κ3) is 5.79. The highest BCUT2D eigenvalue weighted by atomic mass is 16.3. The van der Waals surface area contributed by atoms with Gasteiger partial charge in [-0.3, -0.25) is 4.90 Å². The molecule has 1 atom stereocenters. The predicted molar refractivity (Wildman–Crippen MR) is 81.2 cm³/mol. The second-order valence-corrected chi connectivity index (χ2v) is 6.06. The second-order valence-electron chi connectivity index (χ2n) is 6.06. The van der Waals surface area contributed by atoms with Gasteiger partial charge in [0.1, 0.15) is 11.5 Å². The van der Waals surface area contributed by atoms with E-state index in [4.69, 9.17) is 4.42 Å². The Morgan fingerprint density at radius 3 is 2.58 bits per heavy atom. The molecule has 0 fully saturated rings. The Labute approximate surface area is 118 Å². The number of nitrogens with zero attached hydrogens (tertiary/aromatic N) is 1. The fraction of sp³-hybridized carbons (Fsp3) is 0.750. The van der Waals surface area contributed by atoms with Gasteiger partial charge in [0.25, 0.3) is 0 Å². The van der Waals surface area contributed by atoms with Gasteiger partial charge in [-0.05, 0) is 31.5 Å². The normalized spacial score (nSPS) is 13.5. The van der Waals surface area contributed by atoms with E-state index in [2.05, 4.69) is 57.9 Å². The maximum atomic E-state index is 5.95. The minimum absolute atomic E-state index is 0.487. The predicted octanol–water partition coefficient (Wildman–Crippen LogP) is 3.56. The Morgan fingerprint density at radius 2 is 2.00 bits per heavy atom. The van der Waals surface area contributed by atoms with Crippen LogP contribution in [0.5, 0.6) is 0 Å². The molecule has 1 aromatic rings. The topological polar surface area (TPSA) is 28.4 Å². The van der Waals surface area contributed by atoms with Gasteiger partial charge in [0.15, 0.2) is 0 Å². The highest BCUT2D eigenvalue weighted by Crippen LogP contribution is 2.16. The van der Waals surface area contributed by atoms with E-state index in [0.717, 1.165) is 37.1 Å². The molecule has 0 radical (unpaired) electrons. The summed E-state index contributed by atoms with van der Waals surface area (Å²) in [5.74, 6) is 2.88. The summed E-state index contributed by atoms with van der Waals surface area (Å²) in [6.07, 6.45) is 1.23. The molecular weight excluding hydrogens is 236 g/mol. The smallest absolute Gasteiger partial charge is 0.120 e. The van der Waals surface area contributed by atoms with Crippen LogP contribution in [0.4, 0.5) is 0 Å². The van der Waals surface area contributed by atoms with E-state index in [1.165, 1.54) is 12.0 Å². The minimum Gasteiger partial charge on any atom is -0.463 e. The summed E-state index contributed by atoms with van der Waals surface area (Å²) >= 11 is 0. The van der Waals surface area contributed by atoms with E-state index in [-0.39, 0.29) is 0 Å². The number of rotatable bonds is 8. The largest absolute Gasteiger partial charge is 0.463 e. The fourth-order valence-corrected chi connectivity index (χ4v) is 2.13. The van der Waals surface area contributed by atoms with Crippen LogP contribution in [0.15, 0.2) is 10.5 Å². The Balaban J connectivity index is 2.53. The molecule has 1 N–H and O–H groups in total. The van der Waals surface area contributed by atoms with Crippen LogP contribution in [0.3, 0.4) is 0 Å². The first-order chi connectivity index (χ1) is 8.92. The lowest BCUT2D eigenvalue weighted by Crippen LogP contribution is -2.23. The summed E-state index contributed by atoms with van der Waals surface area (Å²) < 4.78 is 5.95. The molecule has 1 rings (SSSR count). The van der Waals surface area contributed by atoms with Crippen LogP contribution >= 0.6 is 0 Å². The highest BCUT2D eigenvalue weighted by Gasteiger charge is 2.11. The van der Waals surface area contributed by atoms with Gasteiger partial charge in [0, 0.05) is 12.6 Å². The van der Waals surface area contributed by atoms with Crippen LogP contribution in [0, 0.1) is 12.8 Å². The first-order valence-electron chi connectivity index (χ1n) is 7.42. The molecule has 0 amide bonds. The molecular formula is C16H30N2O. The molecule has 1 heterocycles. The SMILES string of the molecule is CCC(C)CN(C)Cc1cc(C)c(CNC(C)C)o1. The molecule has 0 aliphatic carbocycles. The van der Waals surface area contributed by atoms with Crippen molar-refractivity contribution in [1.82, 2.24) is 10.2 Å². The molecule has 19 heavy (non-hydrogen) atoms. The maximum Gasteiger partial charge on any atom is 0.120 e. The van der Waals surface area contributed by atoms with Gasteiger partial charge in [0.2, 0.25) is 0 Å². The van der Waals surface area contributed by atoms with Crippen molar-refractivity contribution >= 4 is 0 Å². The average Bonchev–Trinajstić information content (AvgIpc) is 2.66. The summed E-state index contributed by atoms with van der Waals surface area (Å²) in [5, 5.41) is 3.40. The fourth-order valence-electron chi connectivity index (χ4n) is 2.13. The van der Waals surface area contributed by atoms with Crippen LogP contribution < -0.4 is 5.32 Å². The van der Waals surface area contributed by atoms with Crippen LogP contribution in [0.25, 0.3) is 0 Å². The number of furan rings is 1. The first kappa shape index (κ1) is 16.3. The number of nitrogens with one attached hydrogen (secondary N) is 1. The molecule has 0 saturated carbocycles. The van der Waals surface area contributed by atoms with Gasteiger partial charge >= 0.3 is 0 Å². The van der Waals surface area contributed by atoms with E-state index in [0.29, 0.717) is 6.04 Å². The molecule has 0 saturated heterocycles. The first-order valence-corrected chi connectivity index (χ1v) is 7.42. The summed E-state index contributed by atoms with van der Waals surface area (Å²) in [4.78, 5) is 2.34. The van der Waals surface area contributed by atoms with Crippen LogP contribution in [-0.2, 0) is 13.1 Å². The monoisotopic (exact) mass is 266 g/mol. The van der Waals surface area contributed by atoms with Gasteiger partial charge < -0.3 is 9.73 Å². The molecule has 110 valence electrons. The zero-order chi connectivity index (χ0) is 14.4. The van der Waals surface area contributed by atoms with Crippen LogP contribution in [-0.4, -0.2) is 24.5 Å². The van der Waals surface area contributed by atoms with Crippen molar-refractivity contribution < 1.29 is 4.42 Å². The number of hydrogen-bond acceptors (Lipinski definition) is 3. The molecule has 0 bridgehead atoms. The molecule has 0 aliphatic rings. The van der Waals surface area contributed by atoms with E-state index < -0.39 is 0 Å². The van der Waals surface area contributed by atoms with Crippen molar-refractivity contribution in [3.05, 3.63) is 23.2 Å². The molecule has 0 aliphatic heterocycles. The molecule has 0 spiro atoms. The van der Waals surface area contributed by atoms with Gasteiger partial charge in [0.05, 0.1) is 13.1 Å². The third-order valence-corrected chi connectivity index (χ3v) is 3.49. The van der Waals surface area contributed by atoms with E-state index in [1.54, 1.807) is 0 Å². The van der Waals surface area contributed by atoms with Gasteiger partial charge in [-0.2, -0.15) is 0 Å². The zero-order valence-corrected chi connectivity index (χ0v) is 13.4. The Morgan fingerprint density at radius 1 is 1.32 bits per heavy atom. The van der Waals surface area contributed by atoms with Gasteiger partial charge in [-0.1, -0.05) is 34.1 Å². The number of hydrogen-bond donors (Lipinski definition) is 1. The molecule has 3 heteroatoms. The Hall–Kier alpha value is -0.800. The standard InChI is InChI=1S/C16H30N2O/c1-7-13(4)10-18(6)11-15-8-14(5)16(19-15)9-17-12(2)3/h8,12-13,17H,7,9-11H2,1-6H3. The lowest BCUT2D eigenvalue weighted by molar-refractivity contribution is 0.251. The third-order valence-electron chi connectivity index (χ3n) is 3.49. The van der Waals surface area contributed by atoms with Crippen molar-refractivity contribution in [1.29, 1.82) is 0 Å². The molecule has 1 unspecified atom stereocenters. The van der Waals surface area contributed by atoms with E-state index >= 15 is 0 Å². The minimum atomic E-state index is 0.487. The summed E-state index contributed by atoms with van der Waals surface area (Å²) in [5.41, 5.74) is 1.25.